The summed E-state index contributed by atoms with van der Waals surface area (Å²) in [6.45, 7) is 14.8. The quantitative estimate of drug-likeness (QED) is 0.765. The summed E-state index contributed by atoms with van der Waals surface area (Å²) < 4.78 is 0. The SMILES string of the molecule is C=C(C(C)C)[C@H](CN1CCN(C(C)=O)CC1)c1ccc(Cl)cc1. The number of hydrogen-bond acceptors (Lipinski definition) is 2. The molecule has 23 heavy (non-hydrogen) atoms. The predicted molar refractivity (Wildman–Crippen MR) is 96.9 cm³/mol. The molecule has 0 saturated carbocycles. The lowest BCUT2D eigenvalue weighted by Crippen LogP contribution is -2.49. The van der Waals surface area contributed by atoms with Crippen molar-refractivity contribution in [2.24, 2.45) is 5.92 Å². The third kappa shape index (κ3) is 4.82. The fourth-order valence-electron chi connectivity index (χ4n) is 3.04. The standard InChI is InChI=1S/C19H27ClN2O/c1-14(2)15(3)19(17-5-7-18(20)8-6-17)13-21-9-11-22(12-10-21)16(4)23/h5-8,14,19H,3,9-13H2,1-2,4H3/t19-/m0/s1. The summed E-state index contributed by atoms with van der Waals surface area (Å²) >= 11 is 6.03. The van der Waals surface area contributed by atoms with Gasteiger partial charge in [0.25, 0.3) is 0 Å². The summed E-state index contributed by atoms with van der Waals surface area (Å²) in [5.74, 6) is 0.913. The van der Waals surface area contributed by atoms with Gasteiger partial charge in [-0.2, -0.15) is 0 Å². The van der Waals surface area contributed by atoms with E-state index in [0.717, 1.165) is 37.7 Å². The van der Waals surface area contributed by atoms with Crippen LogP contribution in [0.1, 0.15) is 32.3 Å². The molecule has 1 aromatic carbocycles. The Hall–Kier alpha value is -1.32. The molecule has 1 heterocycles. The van der Waals surface area contributed by atoms with Gasteiger partial charge in [-0.15, -0.1) is 0 Å². The molecular weight excluding hydrogens is 308 g/mol. The van der Waals surface area contributed by atoms with Gasteiger partial charge in [-0.25, -0.2) is 0 Å². The van der Waals surface area contributed by atoms with Crippen LogP contribution in [0.5, 0.6) is 0 Å². The van der Waals surface area contributed by atoms with E-state index >= 15 is 0 Å². The highest BCUT2D eigenvalue weighted by atomic mass is 35.5. The molecule has 1 aliphatic rings. The number of nitrogens with zero attached hydrogens (tertiary/aromatic N) is 2. The van der Waals surface area contributed by atoms with Crippen molar-refractivity contribution in [2.75, 3.05) is 32.7 Å². The highest BCUT2D eigenvalue weighted by Gasteiger charge is 2.24. The maximum Gasteiger partial charge on any atom is 0.219 e. The van der Waals surface area contributed by atoms with Gasteiger partial charge in [0.05, 0.1) is 0 Å². The molecule has 1 fully saturated rings. The number of benzene rings is 1. The second-order valence-electron chi connectivity index (χ2n) is 6.64. The average Bonchev–Trinajstić information content (AvgIpc) is 2.53. The van der Waals surface area contributed by atoms with Crippen LogP contribution < -0.4 is 0 Å². The molecule has 0 bridgehead atoms. The number of halogens is 1. The van der Waals surface area contributed by atoms with Crippen LogP contribution in [0.3, 0.4) is 0 Å². The van der Waals surface area contributed by atoms with E-state index in [1.807, 2.05) is 17.0 Å². The minimum atomic E-state index is 0.172. The Balaban J connectivity index is 2.08. The predicted octanol–water partition coefficient (Wildman–Crippen LogP) is 3.80. The number of amides is 1. The first-order valence-corrected chi connectivity index (χ1v) is 8.68. The summed E-state index contributed by atoms with van der Waals surface area (Å²) in [4.78, 5) is 15.8. The third-order valence-corrected chi connectivity index (χ3v) is 4.97. The Morgan fingerprint density at radius 2 is 1.74 bits per heavy atom. The maximum atomic E-state index is 11.5. The molecule has 1 atom stereocenters. The molecule has 3 nitrogen and oxygen atoms in total. The summed E-state index contributed by atoms with van der Waals surface area (Å²) in [5, 5.41) is 0.762. The number of hydrogen-bond donors (Lipinski definition) is 0. The van der Waals surface area contributed by atoms with Crippen molar-refractivity contribution >= 4 is 17.5 Å². The van der Waals surface area contributed by atoms with Crippen molar-refractivity contribution in [3.8, 4) is 0 Å². The van der Waals surface area contributed by atoms with Gasteiger partial charge in [-0.05, 0) is 23.6 Å². The number of carbonyl (C=O) groups is 1. The first-order chi connectivity index (χ1) is 10.9. The molecule has 1 aliphatic heterocycles. The van der Waals surface area contributed by atoms with Gasteiger partial charge in [0.2, 0.25) is 5.91 Å². The lowest BCUT2D eigenvalue weighted by molar-refractivity contribution is -0.130. The number of carbonyl (C=O) groups excluding carboxylic acids is 1. The molecule has 0 N–H and O–H groups in total. The van der Waals surface area contributed by atoms with Crippen LogP contribution in [0.25, 0.3) is 0 Å². The van der Waals surface area contributed by atoms with Crippen LogP contribution in [0, 0.1) is 5.92 Å². The van der Waals surface area contributed by atoms with Gasteiger partial charge in [-0.3, -0.25) is 9.69 Å². The van der Waals surface area contributed by atoms with Crippen LogP contribution in [0.4, 0.5) is 0 Å². The third-order valence-electron chi connectivity index (χ3n) is 4.72. The normalized spacial score (nSPS) is 17.3. The average molecular weight is 335 g/mol. The summed E-state index contributed by atoms with van der Waals surface area (Å²) in [6.07, 6.45) is 0. The Labute approximate surface area is 144 Å². The van der Waals surface area contributed by atoms with Crippen molar-refractivity contribution in [1.82, 2.24) is 9.80 Å². The van der Waals surface area contributed by atoms with E-state index in [9.17, 15) is 4.79 Å². The molecule has 0 aromatic heterocycles. The molecule has 0 spiro atoms. The fourth-order valence-corrected chi connectivity index (χ4v) is 3.16. The molecule has 126 valence electrons. The van der Waals surface area contributed by atoms with Crippen LogP contribution in [-0.2, 0) is 4.79 Å². The van der Waals surface area contributed by atoms with E-state index in [0.29, 0.717) is 11.8 Å². The molecule has 1 aromatic rings. The zero-order valence-electron chi connectivity index (χ0n) is 14.4. The minimum Gasteiger partial charge on any atom is -0.340 e. The topological polar surface area (TPSA) is 23.6 Å². The highest BCUT2D eigenvalue weighted by molar-refractivity contribution is 6.30. The van der Waals surface area contributed by atoms with Crippen molar-refractivity contribution in [3.63, 3.8) is 0 Å². The Bertz CT molecular complexity index is 545. The zero-order valence-corrected chi connectivity index (χ0v) is 15.1. The van der Waals surface area contributed by atoms with E-state index in [-0.39, 0.29) is 5.91 Å². The molecule has 0 radical (unpaired) electrons. The summed E-state index contributed by atoms with van der Waals surface area (Å²) in [7, 11) is 0. The van der Waals surface area contributed by atoms with Crippen molar-refractivity contribution < 1.29 is 4.79 Å². The second kappa shape index (κ2) is 7.98. The fraction of sp³-hybridized carbons (Fsp3) is 0.526. The number of piperazine rings is 1. The van der Waals surface area contributed by atoms with Gasteiger partial charge < -0.3 is 4.90 Å². The van der Waals surface area contributed by atoms with Gasteiger partial charge in [0, 0.05) is 50.6 Å². The van der Waals surface area contributed by atoms with E-state index in [2.05, 4.69) is 37.5 Å². The lowest BCUT2D eigenvalue weighted by Gasteiger charge is -2.37. The van der Waals surface area contributed by atoms with Gasteiger partial charge in [-0.1, -0.05) is 49.7 Å². The van der Waals surface area contributed by atoms with Crippen LogP contribution in [0.2, 0.25) is 5.02 Å². The monoisotopic (exact) mass is 334 g/mol. The highest BCUT2D eigenvalue weighted by Crippen LogP contribution is 2.30. The molecule has 2 rings (SSSR count). The van der Waals surface area contributed by atoms with Crippen molar-refractivity contribution in [1.29, 1.82) is 0 Å². The summed E-state index contributed by atoms with van der Waals surface area (Å²) in [5.41, 5.74) is 2.52. The lowest BCUT2D eigenvalue weighted by atomic mass is 9.85. The molecule has 0 unspecified atom stereocenters. The van der Waals surface area contributed by atoms with Crippen molar-refractivity contribution in [3.05, 3.63) is 47.0 Å². The molecular formula is C19H27ClN2O. The van der Waals surface area contributed by atoms with Gasteiger partial charge in [0.1, 0.15) is 0 Å². The summed E-state index contributed by atoms with van der Waals surface area (Å²) in [6, 6.07) is 8.11. The van der Waals surface area contributed by atoms with Crippen LogP contribution >= 0.6 is 11.6 Å². The van der Waals surface area contributed by atoms with Crippen LogP contribution in [-0.4, -0.2) is 48.4 Å². The van der Waals surface area contributed by atoms with E-state index in [1.54, 1.807) is 6.92 Å². The Morgan fingerprint density at radius 1 is 1.17 bits per heavy atom. The largest absolute Gasteiger partial charge is 0.340 e. The molecule has 0 aliphatic carbocycles. The zero-order chi connectivity index (χ0) is 17.0. The Kier molecular flexibility index (Phi) is 6.25. The smallest absolute Gasteiger partial charge is 0.219 e. The first-order valence-electron chi connectivity index (χ1n) is 8.30. The minimum absolute atomic E-state index is 0.172. The molecule has 4 heteroatoms. The number of rotatable bonds is 5. The van der Waals surface area contributed by atoms with Gasteiger partial charge in [0.15, 0.2) is 0 Å². The molecule has 1 saturated heterocycles. The van der Waals surface area contributed by atoms with Gasteiger partial charge >= 0.3 is 0 Å². The molecule has 1 amide bonds. The van der Waals surface area contributed by atoms with E-state index in [4.69, 9.17) is 11.6 Å². The second-order valence-corrected chi connectivity index (χ2v) is 7.08. The van der Waals surface area contributed by atoms with Crippen molar-refractivity contribution in [2.45, 2.75) is 26.7 Å². The Morgan fingerprint density at radius 3 is 2.22 bits per heavy atom. The maximum absolute atomic E-state index is 11.5. The van der Waals surface area contributed by atoms with Crippen LogP contribution in [0.15, 0.2) is 36.4 Å². The first kappa shape index (κ1) is 18.0. The van der Waals surface area contributed by atoms with E-state index in [1.165, 1.54) is 11.1 Å². The van der Waals surface area contributed by atoms with E-state index < -0.39 is 0 Å².